The highest BCUT2D eigenvalue weighted by Gasteiger charge is 2.23. The van der Waals surface area contributed by atoms with Crippen molar-refractivity contribution in [3.63, 3.8) is 0 Å². The zero-order valence-electron chi connectivity index (χ0n) is 18.0. The second-order valence-electron chi connectivity index (χ2n) is 7.84. The van der Waals surface area contributed by atoms with E-state index in [9.17, 15) is 9.59 Å². The van der Waals surface area contributed by atoms with E-state index in [0.29, 0.717) is 23.6 Å². The van der Waals surface area contributed by atoms with Crippen molar-refractivity contribution in [1.82, 2.24) is 20.1 Å². The molecule has 30 heavy (non-hydrogen) atoms. The van der Waals surface area contributed by atoms with Crippen molar-refractivity contribution in [2.45, 2.75) is 82.3 Å². The summed E-state index contributed by atoms with van der Waals surface area (Å²) < 4.78 is 1.91. The smallest absolute Gasteiger partial charge is 0.233 e. The molecule has 2 aromatic rings. The summed E-state index contributed by atoms with van der Waals surface area (Å²) in [5.74, 6) is 0.501. The van der Waals surface area contributed by atoms with Gasteiger partial charge in [0.05, 0.1) is 11.7 Å². The third-order valence-electron chi connectivity index (χ3n) is 5.37. The Kier molecular flexibility index (Phi) is 7.90. The number of thioether (sulfide) groups is 1. The van der Waals surface area contributed by atoms with Gasteiger partial charge in [-0.05, 0) is 45.7 Å². The molecule has 0 radical (unpaired) electrons. The number of rotatable bonds is 8. The number of nitrogens with one attached hydrogen (secondary N) is 2. The van der Waals surface area contributed by atoms with E-state index in [1.807, 2.05) is 49.6 Å². The number of carbonyl (C=O) groups is 2. The molecule has 1 aliphatic rings. The molecule has 1 aromatic heterocycles. The number of nitrogens with zero attached hydrogens (tertiary/aromatic N) is 3. The monoisotopic (exact) mass is 429 g/mol. The number of carbonyl (C=O) groups excluding carboxylic acids is 2. The maximum atomic E-state index is 12.6. The van der Waals surface area contributed by atoms with Gasteiger partial charge >= 0.3 is 0 Å². The molecule has 2 amide bonds. The number of aryl methyl sites for hydroxylation is 1. The third kappa shape index (κ3) is 6.08. The number of anilines is 1. The van der Waals surface area contributed by atoms with E-state index in [4.69, 9.17) is 0 Å². The van der Waals surface area contributed by atoms with Crippen LogP contribution in [0.1, 0.15) is 57.3 Å². The first-order chi connectivity index (χ1) is 14.5. The van der Waals surface area contributed by atoms with E-state index < -0.39 is 0 Å². The summed E-state index contributed by atoms with van der Waals surface area (Å²) in [6.45, 7) is 6.52. The lowest BCUT2D eigenvalue weighted by Crippen LogP contribution is -2.40. The van der Waals surface area contributed by atoms with Crippen molar-refractivity contribution < 1.29 is 9.59 Å². The Hall–Kier alpha value is -2.35. The van der Waals surface area contributed by atoms with Crippen LogP contribution in [0.25, 0.3) is 0 Å². The molecular formula is C22H31N5O2S. The molecular weight excluding hydrogens is 398 g/mol. The molecule has 8 heteroatoms. The summed E-state index contributed by atoms with van der Waals surface area (Å²) in [6.07, 6.45) is 5.90. The first-order valence-electron chi connectivity index (χ1n) is 10.7. The van der Waals surface area contributed by atoms with Gasteiger partial charge in [0.15, 0.2) is 5.16 Å². The van der Waals surface area contributed by atoms with E-state index in [-0.39, 0.29) is 23.5 Å². The number of hydrogen-bond donors (Lipinski definition) is 2. The Morgan fingerprint density at radius 3 is 2.53 bits per heavy atom. The summed E-state index contributed by atoms with van der Waals surface area (Å²) in [5, 5.41) is 14.9. The molecule has 2 N–H and O–H groups in total. The third-order valence-corrected chi connectivity index (χ3v) is 6.45. The Labute approximate surface area is 182 Å². The Bertz CT molecular complexity index is 859. The fourth-order valence-electron chi connectivity index (χ4n) is 3.62. The molecule has 1 saturated carbocycles. The zero-order valence-corrected chi connectivity index (χ0v) is 18.8. The predicted octanol–water partition coefficient (Wildman–Crippen LogP) is 3.72. The van der Waals surface area contributed by atoms with Crippen LogP contribution in [-0.2, 0) is 22.6 Å². The van der Waals surface area contributed by atoms with Crippen LogP contribution in [0.15, 0.2) is 29.4 Å². The molecule has 1 heterocycles. The molecule has 7 nitrogen and oxygen atoms in total. The number of aromatic nitrogens is 3. The molecule has 0 saturated heterocycles. The Balaban J connectivity index is 1.58. The average Bonchev–Trinajstić information content (AvgIpc) is 3.11. The van der Waals surface area contributed by atoms with E-state index in [1.165, 1.54) is 31.0 Å². The molecule has 1 fully saturated rings. The van der Waals surface area contributed by atoms with Crippen LogP contribution in [0.3, 0.4) is 0 Å². The molecule has 0 aliphatic heterocycles. The minimum atomic E-state index is -0.268. The lowest BCUT2D eigenvalue weighted by Gasteiger charge is -2.24. The van der Waals surface area contributed by atoms with E-state index in [0.717, 1.165) is 24.1 Å². The van der Waals surface area contributed by atoms with Crippen LogP contribution in [0.4, 0.5) is 5.69 Å². The maximum absolute atomic E-state index is 12.6. The lowest BCUT2D eigenvalue weighted by molar-refractivity contribution is -0.121. The van der Waals surface area contributed by atoms with Crippen LogP contribution >= 0.6 is 11.8 Å². The minimum Gasteiger partial charge on any atom is -0.352 e. The predicted molar refractivity (Wildman–Crippen MR) is 120 cm³/mol. The van der Waals surface area contributed by atoms with Crippen LogP contribution in [-0.4, -0.2) is 37.9 Å². The highest BCUT2D eigenvalue weighted by molar-refractivity contribution is 8.00. The number of amides is 2. The molecule has 1 aromatic carbocycles. The average molecular weight is 430 g/mol. The molecule has 3 rings (SSSR count). The maximum Gasteiger partial charge on any atom is 0.233 e. The fraction of sp³-hybridized carbons (Fsp3) is 0.545. The first-order valence-corrected chi connectivity index (χ1v) is 11.6. The van der Waals surface area contributed by atoms with Gasteiger partial charge in [-0.1, -0.05) is 48.7 Å². The van der Waals surface area contributed by atoms with Gasteiger partial charge in [0.25, 0.3) is 0 Å². The second-order valence-corrected chi connectivity index (χ2v) is 9.15. The van der Waals surface area contributed by atoms with Crippen molar-refractivity contribution in [2.24, 2.45) is 0 Å². The number of hydrogen-bond acceptors (Lipinski definition) is 5. The van der Waals surface area contributed by atoms with Gasteiger partial charge < -0.3 is 15.2 Å². The lowest BCUT2D eigenvalue weighted by atomic mass is 9.95. The van der Waals surface area contributed by atoms with Crippen LogP contribution in [0.5, 0.6) is 0 Å². The molecule has 162 valence electrons. The second kappa shape index (κ2) is 10.6. The Morgan fingerprint density at radius 2 is 1.87 bits per heavy atom. The standard InChI is InChI=1S/C22H31N5O2S/c1-4-27-19(14-20(28)23-18-12-10-15(2)11-13-18)25-26-22(27)30-16(3)21(29)24-17-8-6-5-7-9-17/h10-13,16-17H,4-9,14H2,1-3H3,(H,23,28)(H,24,29). The number of benzene rings is 1. The van der Waals surface area contributed by atoms with Gasteiger partial charge in [0, 0.05) is 18.3 Å². The van der Waals surface area contributed by atoms with Gasteiger partial charge in [-0.3, -0.25) is 9.59 Å². The summed E-state index contributed by atoms with van der Waals surface area (Å²) in [6, 6.07) is 7.97. The van der Waals surface area contributed by atoms with E-state index in [1.54, 1.807) is 0 Å². The van der Waals surface area contributed by atoms with E-state index in [2.05, 4.69) is 20.8 Å². The van der Waals surface area contributed by atoms with Gasteiger partial charge in [0.1, 0.15) is 5.82 Å². The largest absolute Gasteiger partial charge is 0.352 e. The molecule has 0 bridgehead atoms. The first kappa shape index (κ1) is 22.3. The zero-order chi connectivity index (χ0) is 21.5. The molecule has 1 aliphatic carbocycles. The van der Waals surface area contributed by atoms with Crippen molar-refractivity contribution >= 4 is 29.3 Å². The van der Waals surface area contributed by atoms with E-state index >= 15 is 0 Å². The summed E-state index contributed by atoms with van der Waals surface area (Å²) >= 11 is 1.39. The summed E-state index contributed by atoms with van der Waals surface area (Å²) in [4.78, 5) is 25.0. The normalized spacial score (nSPS) is 15.6. The summed E-state index contributed by atoms with van der Waals surface area (Å²) in [5.41, 5.74) is 1.90. The van der Waals surface area contributed by atoms with Gasteiger partial charge in [-0.25, -0.2) is 0 Å². The highest BCUT2D eigenvalue weighted by atomic mass is 32.2. The van der Waals surface area contributed by atoms with Crippen LogP contribution < -0.4 is 10.6 Å². The van der Waals surface area contributed by atoms with Crippen molar-refractivity contribution in [3.8, 4) is 0 Å². The molecule has 1 unspecified atom stereocenters. The quantitative estimate of drug-likeness (QED) is 0.625. The van der Waals surface area contributed by atoms with Crippen molar-refractivity contribution in [1.29, 1.82) is 0 Å². The topological polar surface area (TPSA) is 88.9 Å². The van der Waals surface area contributed by atoms with Gasteiger partial charge in [-0.2, -0.15) is 0 Å². The van der Waals surface area contributed by atoms with Crippen molar-refractivity contribution in [2.75, 3.05) is 5.32 Å². The van der Waals surface area contributed by atoms with Gasteiger partial charge in [0.2, 0.25) is 11.8 Å². The van der Waals surface area contributed by atoms with Crippen molar-refractivity contribution in [3.05, 3.63) is 35.7 Å². The van der Waals surface area contributed by atoms with Crippen LogP contribution in [0, 0.1) is 6.92 Å². The highest BCUT2D eigenvalue weighted by Crippen LogP contribution is 2.24. The molecule has 0 spiro atoms. The fourth-order valence-corrected chi connectivity index (χ4v) is 4.56. The van der Waals surface area contributed by atoms with Gasteiger partial charge in [-0.15, -0.1) is 10.2 Å². The molecule has 1 atom stereocenters. The Morgan fingerprint density at radius 1 is 1.17 bits per heavy atom. The SMILES string of the molecule is CCn1c(CC(=O)Nc2ccc(C)cc2)nnc1SC(C)C(=O)NC1CCCCC1. The van der Waals surface area contributed by atoms with Crippen LogP contribution in [0.2, 0.25) is 0 Å². The minimum absolute atomic E-state index is 0.0382. The summed E-state index contributed by atoms with van der Waals surface area (Å²) in [7, 11) is 0.